The summed E-state index contributed by atoms with van der Waals surface area (Å²) in [6.45, 7) is 1.21. The summed E-state index contributed by atoms with van der Waals surface area (Å²) in [5.41, 5.74) is 0. The van der Waals surface area contributed by atoms with Gasteiger partial charge in [-0.2, -0.15) is 0 Å². The van der Waals surface area contributed by atoms with E-state index in [1.807, 2.05) is 0 Å². The van der Waals surface area contributed by atoms with Gasteiger partial charge in [-0.15, -0.1) is 0 Å². The van der Waals surface area contributed by atoms with Crippen LogP contribution in [0.2, 0.25) is 0 Å². The molecule has 0 aromatic heterocycles. The van der Waals surface area contributed by atoms with Crippen molar-refractivity contribution < 1.29 is 39.4 Å². The van der Waals surface area contributed by atoms with E-state index in [1.54, 1.807) is 13.0 Å². The molecule has 0 aromatic carbocycles. The van der Waals surface area contributed by atoms with Gasteiger partial charge in [0.1, 0.15) is 30.5 Å². The second-order valence-electron chi connectivity index (χ2n) is 5.58. The van der Waals surface area contributed by atoms with Crippen molar-refractivity contribution in [3.63, 3.8) is 0 Å². The molecule has 0 bridgehead atoms. The van der Waals surface area contributed by atoms with Gasteiger partial charge >= 0.3 is 5.97 Å². The van der Waals surface area contributed by atoms with Gasteiger partial charge in [0.05, 0.1) is 12.7 Å². The summed E-state index contributed by atoms with van der Waals surface area (Å²) in [7, 11) is 0. The van der Waals surface area contributed by atoms with Crippen LogP contribution in [0.1, 0.15) is 19.8 Å². The van der Waals surface area contributed by atoms with E-state index in [4.69, 9.17) is 19.3 Å². The molecule has 7 unspecified atom stereocenters. The lowest BCUT2D eigenvalue weighted by Gasteiger charge is -2.40. The number of carbonyl (C=O) groups excluding carboxylic acids is 1. The first-order valence-corrected chi connectivity index (χ1v) is 7.25. The Morgan fingerprint density at radius 1 is 1.32 bits per heavy atom. The van der Waals surface area contributed by atoms with Crippen LogP contribution in [0.5, 0.6) is 0 Å². The predicted octanol–water partition coefficient (Wildman–Crippen LogP) is -1.55. The van der Waals surface area contributed by atoms with Gasteiger partial charge in [0.2, 0.25) is 0 Å². The van der Waals surface area contributed by atoms with Crippen molar-refractivity contribution in [3.05, 3.63) is 12.2 Å². The molecule has 1 saturated heterocycles. The largest absolute Gasteiger partial charge is 0.459 e. The van der Waals surface area contributed by atoms with Crippen molar-refractivity contribution in [2.75, 3.05) is 6.61 Å². The zero-order valence-electron chi connectivity index (χ0n) is 12.2. The molecule has 4 N–H and O–H groups in total. The maximum atomic E-state index is 11.2. The molecule has 0 amide bonds. The Bertz CT molecular complexity index is 410. The van der Waals surface area contributed by atoms with E-state index >= 15 is 0 Å². The Hall–Kier alpha value is -1.03. The summed E-state index contributed by atoms with van der Waals surface area (Å²) >= 11 is 0. The lowest BCUT2D eigenvalue weighted by Crippen LogP contribution is -2.59. The highest BCUT2D eigenvalue weighted by atomic mass is 16.7. The predicted molar refractivity (Wildman–Crippen MR) is 72.6 cm³/mol. The lowest BCUT2D eigenvalue weighted by molar-refractivity contribution is -0.311. The number of rotatable bonds is 5. The van der Waals surface area contributed by atoms with Gasteiger partial charge < -0.3 is 34.6 Å². The highest BCUT2D eigenvalue weighted by molar-refractivity contribution is 5.82. The number of hydrogen-bond acceptors (Lipinski definition) is 8. The van der Waals surface area contributed by atoms with E-state index in [1.165, 1.54) is 6.08 Å². The summed E-state index contributed by atoms with van der Waals surface area (Å²) in [6.07, 6.45) is -3.21. The summed E-state index contributed by atoms with van der Waals surface area (Å²) in [6, 6.07) is 0. The number of aliphatic hydroxyl groups excluding tert-OH is 4. The molecule has 2 aliphatic rings. The van der Waals surface area contributed by atoms with Crippen LogP contribution in [0, 0.1) is 0 Å². The molecule has 2 aliphatic heterocycles. The van der Waals surface area contributed by atoms with Crippen molar-refractivity contribution in [1.82, 2.24) is 0 Å². The molecular formula is C14H22O8. The van der Waals surface area contributed by atoms with Crippen LogP contribution in [0.3, 0.4) is 0 Å². The number of ether oxygens (including phenoxy) is 3. The Morgan fingerprint density at radius 3 is 2.68 bits per heavy atom. The molecule has 7 atom stereocenters. The third-order valence-electron chi connectivity index (χ3n) is 3.75. The van der Waals surface area contributed by atoms with Crippen LogP contribution in [0.15, 0.2) is 12.2 Å². The molecule has 0 spiro atoms. The normalized spacial score (nSPS) is 40.3. The van der Waals surface area contributed by atoms with Crippen LogP contribution in [-0.2, 0) is 19.0 Å². The quantitative estimate of drug-likeness (QED) is 0.449. The van der Waals surface area contributed by atoms with Crippen molar-refractivity contribution in [1.29, 1.82) is 0 Å². The maximum absolute atomic E-state index is 11.2. The molecular weight excluding hydrogens is 296 g/mol. The number of carbonyl (C=O) groups is 1. The van der Waals surface area contributed by atoms with Gasteiger partial charge in [0, 0.05) is 18.9 Å². The fraction of sp³-hybridized carbons (Fsp3) is 0.786. The smallest absolute Gasteiger partial charge is 0.330 e. The van der Waals surface area contributed by atoms with Gasteiger partial charge in [-0.05, 0) is 6.92 Å². The topological polar surface area (TPSA) is 126 Å². The molecule has 0 radical (unpaired) electrons. The van der Waals surface area contributed by atoms with E-state index in [0.717, 1.165) is 0 Å². The highest BCUT2D eigenvalue weighted by Crippen LogP contribution is 2.24. The first-order chi connectivity index (χ1) is 10.4. The maximum Gasteiger partial charge on any atom is 0.330 e. The van der Waals surface area contributed by atoms with Crippen molar-refractivity contribution in [3.8, 4) is 0 Å². The minimum Gasteiger partial charge on any atom is -0.459 e. The molecule has 2 rings (SSSR count). The van der Waals surface area contributed by atoms with Gasteiger partial charge in [0.15, 0.2) is 6.29 Å². The molecule has 0 saturated carbocycles. The first-order valence-electron chi connectivity index (χ1n) is 7.25. The molecule has 0 aromatic rings. The molecule has 2 heterocycles. The van der Waals surface area contributed by atoms with E-state index < -0.39 is 49.4 Å². The Morgan fingerprint density at radius 2 is 2.05 bits per heavy atom. The van der Waals surface area contributed by atoms with Crippen LogP contribution in [-0.4, -0.2) is 75.9 Å². The molecule has 22 heavy (non-hydrogen) atoms. The average molecular weight is 318 g/mol. The van der Waals surface area contributed by atoms with Crippen LogP contribution < -0.4 is 0 Å². The molecule has 126 valence electrons. The van der Waals surface area contributed by atoms with Crippen molar-refractivity contribution in [2.24, 2.45) is 0 Å². The zero-order valence-corrected chi connectivity index (χ0v) is 12.2. The van der Waals surface area contributed by atoms with Crippen LogP contribution in [0.25, 0.3) is 0 Å². The SMILES string of the molecule is CC(CC1CC=CC(=O)O1)OC1OC(CO)C(O)C(O)C1O. The molecule has 8 heteroatoms. The number of esters is 1. The number of cyclic esters (lactones) is 1. The monoisotopic (exact) mass is 318 g/mol. The second kappa shape index (κ2) is 7.49. The van der Waals surface area contributed by atoms with E-state index in [2.05, 4.69) is 0 Å². The second-order valence-corrected chi connectivity index (χ2v) is 5.58. The molecule has 1 fully saturated rings. The Kier molecular flexibility index (Phi) is 5.90. The van der Waals surface area contributed by atoms with Gasteiger partial charge in [-0.25, -0.2) is 4.79 Å². The van der Waals surface area contributed by atoms with Gasteiger partial charge in [-0.1, -0.05) is 6.08 Å². The summed E-state index contributed by atoms with van der Waals surface area (Å²) in [5.74, 6) is -0.406. The molecule has 0 aliphatic carbocycles. The minimum absolute atomic E-state index is 0.322. The molecule has 8 nitrogen and oxygen atoms in total. The standard InChI is InChI=1S/C14H22O8/c1-7(5-8-3-2-4-10(16)21-8)20-14-13(19)12(18)11(17)9(6-15)22-14/h2,4,7-9,11-15,17-19H,3,5-6H2,1H3. The van der Waals surface area contributed by atoms with E-state index in [-0.39, 0.29) is 6.10 Å². The number of hydrogen-bond donors (Lipinski definition) is 4. The van der Waals surface area contributed by atoms with E-state index in [9.17, 15) is 20.1 Å². The Labute approximate surface area is 127 Å². The van der Waals surface area contributed by atoms with Crippen molar-refractivity contribution >= 4 is 5.97 Å². The summed E-state index contributed by atoms with van der Waals surface area (Å²) in [5, 5.41) is 38.4. The van der Waals surface area contributed by atoms with Crippen molar-refractivity contribution in [2.45, 2.75) is 62.7 Å². The first kappa shape index (κ1) is 17.3. The van der Waals surface area contributed by atoms with Crippen LogP contribution >= 0.6 is 0 Å². The summed E-state index contributed by atoms with van der Waals surface area (Å²) in [4.78, 5) is 11.2. The van der Waals surface area contributed by atoms with E-state index in [0.29, 0.717) is 12.8 Å². The third kappa shape index (κ3) is 4.03. The lowest BCUT2D eigenvalue weighted by atomic mass is 9.99. The summed E-state index contributed by atoms with van der Waals surface area (Å²) < 4.78 is 15.9. The zero-order chi connectivity index (χ0) is 16.3. The highest BCUT2D eigenvalue weighted by Gasteiger charge is 2.44. The van der Waals surface area contributed by atoms with Gasteiger partial charge in [0.25, 0.3) is 0 Å². The Balaban J connectivity index is 1.88. The van der Waals surface area contributed by atoms with Crippen LogP contribution in [0.4, 0.5) is 0 Å². The fourth-order valence-corrected chi connectivity index (χ4v) is 2.55. The van der Waals surface area contributed by atoms with Gasteiger partial charge in [-0.3, -0.25) is 0 Å². The number of aliphatic hydroxyl groups is 4. The average Bonchev–Trinajstić information content (AvgIpc) is 2.48. The third-order valence-corrected chi connectivity index (χ3v) is 3.75. The minimum atomic E-state index is -1.47. The fourth-order valence-electron chi connectivity index (χ4n) is 2.55.